The van der Waals surface area contributed by atoms with Crippen LogP contribution in [0.15, 0.2) is 18.2 Å². The minimum absolute atomic E-state index is 0.0366. The summed E-state index contributed by atoms with van der Waals surface area (Å²) in [5, 5.41) is 4.11. The SMILES string of the molecule is COc1ccc(C(=O)N2CCN(C)CC2)cc1NC(=O)N1CCCCO1. The van der Waals surface area contributed by atoms with E-state index in [0.29, 0.717) is 43.2 Å². The van der Waals surface area contributed by atoms with Crippen LogP contribution in [-0.4, -0.2) is 80.3 Å². The highest BCUT2D eigenvalue weighted by molar-refractivity contribution is 5.98. The van der Waals surface area contributed by atoms with E-state index in [0.717, 1.165) is 25.9 Å². The number of nitrogens with one attached hydrogen (secondary N) is 1. The fourth-order valence-electron chi connectivity index (χ4n) is 3.07. The van der Waals surface area contributed by atoms with E-state index in [1.165, 1.54) is 12.2 Å². The van der Waals surface area contributed by atoms with Gasteiger partial charge in [0.05, 0.1) is 25.9 Å². The monoisotopic (exact) mass is 362 g/mol. The van der Waals surface area contributed by atoms with Crippen LogP contribution >= 0.6 is 0 Å². The van der Waals surface area contributed by atoms with E-state index >= 15 is 0 Å². The molecule has 2 aliphatic rings. The summed E-state index contributed by atoms with van der Waals surface area (Å²) in [6.45, 7) is 4.20. The Hall–Kier alpha value is -2.32. The number of methoxy groups -OCH3 is 1. The second-order valence-corrected chi connectivity index (χ2v) is 6.58. The van der Waals surface area contributed by atoms with Gasteiger partial charge in [-0.15, -0.1) is 0 Å². The molecule has 2 saturated heterocycles. The van der Waals surface area contributed by atoms with Gasteiger partial charge in [-0.1, -0.05) is 0 Å². The topological polar surface area (TPSA) is 74.4 Å². The maximum Gasteiger partial charge on any atom is 0.345 e. The molecule has 0 bridgehead atoms. The van der Waals surface area contributed by atoms with Crippen LogP contribution in [0.1, 0.15) is 23.2 Å². The van der Waals surface area contributed by atoms with Gasteiger partial charge < -0.3 is 19.9 Å². The highest BCUT2D eigenvalue weighted by atomic mass is 16.7. The molecule has 1 aromatic rings. The van der Waals surface area contributed by atoms with E-state index in [4.69, 9.17) is 9.57 Å². The van der Waals surface area contributed by atoms with E-state index in [9.17, 15) is 9.59 Å². The average molecular weight is 362 g/mol. The third-order valence-electron chi connectivity index (χ3n) is 4.71. The van der Waals surface area contributed by atoms with E-state index in [-0.39, 0.29) is 11.9 Å². The molecule has 0 unspecified atom stereocenters. The van der Waals surface area contributed by atoms with Crippen molar-refractivity contribution in [2.45, 2.75) is 12.8 Å². The van der Waals surface area contributed by atoms with Gasteiger partial charge in [0.25, 0.3) is 5.91 Å². The lowest BCUT2D eigenvalue weighted by Crippen LogP contribution is -2.47. The zero-order valence-electron chi connectivity index (χ0n) is 15.4. The van der Waals surface area contributed by atoms with Crippen molar-refractivity contribution in [1.82, 2.24) is 14.9 Å². The number of hydrogen-bond acceptors (Lipinski definition) is 5. The molecule has 0 aliphatic carbocycles. The molecular weight excluding hydrogens is 336 g/mol. The van der Waals surface area contributed by atoms with Crippen LogP contribution in [-0.2, 0) is 4.84 Å². The first-order valence-corrected chi connectivity index (χ1v) is 8.96. The van der Waals surface area contributed by atoms with E-state index < -0.39 is 0 Å². The molecule has 26 heavy (non-hydrogen) atoms. The second kappa shape index (κ2) is 8.37. The minimum atomic E-state index is -0.354. The Morgan fingerprint density at radius 1 is 1.12 bits per heavy atom. The van der Waals surface area contributed by atoms with Gasteiger partial charge in [0.1, 0.15) is 5.75 Å². The maximum atomic E-state index is 12.8. The highest BCUT2D eigenvalue weighted by Gasteiger charge is 2.23. The van der Waals surface area contributed by atoms with E-state index in [1.807, 2.05) is 11.9 Å². The fraction of sp³-hybridized carbons (Fsp3) is 0.556. The standard InChI is InChI=1S/C18H26N4O4/c1-20-8-10-21(11-9-20)17(23)14-5-6-16(25-2)15(13-14)19-18(24)22-7-3-4-12-26-22/h5-6,13H,3-4,7-12H2,1-2H3,(H,19,24). The number of carbonyl (C=O) groups is 2. The molecule has 8 nitrogen and oxygen atoms in total. The number of likely N-dealkylation sites (N-methyl/N-ethyl adjacent to an activating group) is 1. The maximum absolute atomic E-state index is 12.8. The van der Waals surface area contributed by atoms with Gasteiger partial charge in [0.2, 0.25) is 0 Å². The number of rotatable bonds is 3. The van der Waals surface area contributed by atoms with Crippen molar-refractivity contribution >= 4 is 17.6 Å². The number of ether oxygens (including phenoxy) is 1. The number of amides is 3. The van der Waals surface area contributed by atoms with Crippen LogP contribution in [0.5, 0.6) is 5.75 Å². The largest absolute Gasteiger partial charge is 0.495 e. The summed E-state index contributed by atoms with van der Waals surface area (Å²) in [6, 6.07) is 4.75. The zero-order chi connectivity index (χ0) is 18.5. The van der Waals surface area contributed by atoms with Crippen LogP contribution in [0.2, 0.25) is 0 Å². The van der Waals surface area contributed by atoms with Crippen LogP contribution < -0.4 is 10.1 Å². The van der Waals surface area contributed by atoms with Crippen molar-refractivity contribution in [2.24, 2.45) is 0 Å². The number of anilines is 1. The second-order valence-electron chi connectivity index (χ2n) is 6.58. The molecule has 3 rings (SSSR count). The molecule has 2 heterocycles. The Labute approximate surface area is 153 Å². The molecule has 2 fully saturated rings. The molecule has 0 radical (unpaired) electrons. The van der Waals surface area contributed by atoms with Gasteiger partial charge >= 0.3 is 6.03 Å². The molecular formula is C18H26N4O4. The molecule has 1 N–H and O–H groups in total. The Bertz CT molecular complexity index is 653. The number of hydrogen-bond donors (Lipinski definition) is 1. The van der Waals surface area contributed by atoms with Gasteiger partial charge in [-0.25, -0.2) is 9.86 Å². The van der Waals surface area contributed by atoms with Gasteiger partial charge in [-0.2, -0.15) is 0 Å². The molecule has 0 atom stereocenters. The Balaban J connectivity index is 1.73. The lowest BCUT2D eigenvalue weighted by molar-refractivity contribution is -0.135. The third-order valence-corrected chi connectivity index (χ3v) is 4.71. The van der Waals surface area contributed by atoms with E-state index in [1.54, 1.807) is 18.2 Å². The lowest BCUT2D eigenvalue weighted by atomic mass is 10.1. The predicted octanol–water partition coefficient (Wildman–Crippen LogP) is 1.64. The molecule has 2 aliphatic heterocycles. The van der Waals surface area contributed by atoms with Gasteiger partial charge in [0.15, 0.2) is 0 Å². The van der Waals surface area contributed by atoms with Crippen LogP contribution in [0.4, 0.5) is 10.5 Å². The Kier molecular flexibility index (Phi) is 5.95. The number of urea groups is 1. The van der Waals surface area contributed by atoms with Crippen LogP contribution in [0.3, 0.4) is 0 Å². The van der Waals surface area contributed by atoms with Gasteiger partial charge in [-0.05, 0) is 38.1 Å². The summed E-state index contributed by atoms with van der Waals surface area (Å²) in [6.07, 6.45) is 1.86. The molecule has 0 spiro atoms. The quantitative estimate of drug-likeness (QED) is 0.885. The lowest BCUT2D eigenvalue weighted by Gasteiger charge is -2.32. The third kappa shape index (κ3) is 4.25. The highest BCUT2D eigenvalue weighted by Crippen LogP contribution is 2.27. The van der Waals surface area contributed by atoms with Crippen molar-refractivity contribution in [3.05, 3.63) is 23.8 Å². The van der Waals surface area contributed by atoms with Crippen molar-refractivity contribution < 1.29 is 19.2 Å². The Morgan fingerprint density at radius 3 is 2.54 bits per heavy atom. The van der Waals surface area contributed by atoms with E-state index in [2.05, 4.69) is 10.2 Å². The normalized spacial score (nSPS) is 18.5. The first-order chi connectivity index (χ1) is 12.6. The first-order valence-electron chi connectivity index (χ1n) is 8.96. The molecule has 142 valence electrons. The number of carbonyl (C=O) groups excluding carboxylic acids is 2. The van der Waals surface area contributed by atoms with Crippen molar-refractivity contribution in [3.8, 4) is 5.75 Å². The molecule has 0 saturated carbocycles. The molecule has 8 heteroatoms. The number of benzene rings is 1. The molecule has 1 aromatic carbocycles. The smallest absolute Gasteiger partial charge is 0.345 e. The minimum Gasteiger partial charge on any atom is -0.495 e. The summed E-state index contributed by atoms with van der Waals surface area (Å²) >= 11 is 0. The average Bonchev–Trinajstić information content (AvgIpc) is 2.68. The fourth-order valence-corrected chi connectivity index (χ4v) is 3.07. The predicted molar refractivity (Wildman–Crippen MR) is 97.3 cm³/mol. The van der Waals surface area contributed by atoms with Crippen molar-refractivity contribution in [3.63, 3.8) is 0 Å². The van der Waals surface area contributed by atoms with Crippen LogP contribution in [0.25, 0.3) is 0 Å². The Morgan fingerprint density at radius 2 is 1.88 bits per heavy atom. The summed E-state index contributed by atoms with van der Waals surface area (Å²) in [5.41, 5.74) is 0.997. The van der Waals surface area contributed by atoms with Crippen LogP contribution in [0, 0.1) is 0 Å². The zero-order valence-corrected chi connectivity index (χ0v) is 15.4. The summed E-state index contributed by atoms with van der Waals surface area (Å²) in [7, 11) is 3.58. The molecule has 0 aromatic heterocycles. The number of hydroxylamine groups is 2. The molecule has 3 amide bonds. The number of nitrogens with zero attached hydrogens (tertiary/aromatic N) is 3. The van der Waals surface area contributed by atoms with Gasteiger partial charge in [-0.3, -0.25) is 9.63 Å². The summed E-state index contributed by atoms with van der Waals surface area (Å²) in [5.74, 6) is 0.468. The first kappa shape index (κ1) is 18.5. The number of piperazine rings is 1. The summed E-state index contributed by atoms with van der Waals surface area (Å²) in [4.78, 5) is 34.6. The van der Waals surface area contributed by atoms with Gasteiger partial charge in [0, 0.05) is 31.7 Å². The van der Waals surface area contributed by atoms with Crippen molar-refractivity contribution in [1.29, 1.82) is 0 Å². The van der Waals surface area contributed by atoms with Crippen molar-refractivity contribution in [2.75, 3.05) is 58.8 Å². The summed E-state index contributed by atoms with van der Waals surface area (Å²) < 4.78 is 5.32.